The Morgan fingerprint density at radius 1 is 1.11 bits per heavy atom. The molecule has 2 N–H and O–H groups in total. The first-order valence-corrected chi connectivity index (χ1v) is 7.54. The zero-order valence-electron chi connectivity index (χ0n) is 11.5. The van der Waals surface area contributed by atoms with Crippen LogP contribution in [0.1, 0.15) is 25.7 Å². The van der Waals surface area contributed by atoms with Gasteiger partial charge in [-0.2, -0.15) is 0 Å². The van der Waals surface area contributed by atoms with Crippen LogP contribution >= 0.6 is 0 Å². The lowest BCUT2D eigenvalue weighted by molar-refractivity contribution is 0.142. The number of benzene rings is 1. The van der Waals surface area contributed by atoms with Crippen LogP contribution in [-0.2, 0) is 0 Å². The minimum atomic E-state index is -0.118. The van der Waals surface area contributed by atoms with Crippen LogP contribution in [0.25, 0.3) is 0 Å². The van der Waals surface area contributed by atoms with Crippen molar-refractivity contribution >= 4 is 5.69 Å². The van der Waals surface area contributed by atoms with E-state index in [0.717, 1.165) is 19.6 Å². The second-order valence-electron chi connectivity index (χ2n) is 5.91. The predicted octanol–water partition coefficient (Wildman–Crippen LogP) is 2.02. The molecule has 0 aromatic heterocycles. The predicted molar refractivity (Wildman–Crippen MR) is 78.4 cm³/mol. The van der Waals surface area contributed by atoms with E-state index >= 15 is 0 Å². The smallest absolute Gasteiger partial charge is 0.0692 e. The molecule has 1 aliphatic carbocycles. The molecule has 1 aliphatic heterocycles. The summed E-state index contributed by atoms with van der Waals surface area (Å²) in [6.07, 6.45) is 4.66. The molecule has 3 rings (SSSR count). The van der Waals surface area contributed by atoms with Gasteiger partial charge in [-0.25, -0.2) is 0 Å². The molecule has 0 radical (unpaired) electrons. The van der Waals surface area contributed by atoms with Gasteiger partial charge in [0.25, 0.3) is 0 Å². The van der Waals surface area contributed by atoms with Crippen molar-refractivity contribution in [3.05, 3.63) is 30.3 Å². The summed E-state index contributed by atoms with van der Waals surface area (Å²) >= 11 is 0. The number of anilines is 1. The number of aliphatic hydroxyl groups is 1. The second-order valence-corrected chi connectivity index (χ2v) is 5.91. The molecule has 1 heterocycles. The van der Waals surface area contributed by atoms with Crippen molar-refractivity contribution in [2.75, 3.05) is 24.5 Å². The third-order valence-corrected chi connectivity index (χ3v) is 4.40. The second kappa shape index (κ2) is 5.93. The molecule has 1 saturated carbocycles. The Bertz CT molecular complexity index is 383. The minimum absolute atomic E-state index is 0.118. The van der Waals surface area contributed by atoms with Crippen LogP contribution in [-0.4, -0.2) is 36.9 Å². The molecule has 0 bridgehead atoms. The molecule has 3 heteroatoms. The number of hydrogen-bond donors (Lipinski definition) is 2. The Morgan fingerprint density at radius 2 is 1.79 bits per heavy atom. The van der Waals surface area contributed by atoms with Crippen molar-refractivity contribution in [3.8, 4) is 0 Å². The van der Waals surface area contributed by atoms with Crippen LogP contribution in [0.4, 0.5) is 5.69 Å². The third kappa shape index (κ3) is 3.48. The fourth-order valence-electron chi connectivity index (χ4n) is 2.92. The molecular formula is C16H24N2O. The summed E-state index contributed by atoms with van der Waals surface area (Å²) in [5.74, 6) is 0.580. The van der Waals surface area contributed by atoms with Crippen LogP contribution in [0.5, 0.6) is 0 Å². The molecule has 2 aliphatic rings. The van der Waals surface area contributed by atoms with E-state index < -0.39 is 0 Å². The van der Waals surface area contributed by atoms with Crippen LogP contribution in [0.3, 0.4) is 0 Å². The zero-order chi connectivity index (χ0) is 13.1. The highest BCUT2D eigenvalue weighted by atomic mass is 16.3. The highest BCUT2D eigenvalue weighted by Gasteiger charge is 2.30. The first kappa shape index (κ1) is 12.9. The molecule has 19 heavy (non-hydrogen) atoms. The summed E-state index contributed by atoms with van der Waals surface area (Å²) < 4.78 is 0. The topological polar surface area (TPSA) is 35.5 Å². The van der Waals surface area contributed by atoms with Gasteiger partial charge in [0.1, 0.15) is 0 Å². The van der Waals surface area contributed by atoms with Crippen molar-refractivity contribution in [1.82, 2.24) is 5.32 Å². The van der Waals surface area contributed by atoms with E-state index in [4.69, 9.17) is 0 Å². The maximum Gasteiger partial charge on any atom is 0.0692 e. The standard InChI is InChI=1S/C16H24N2O/c19-16(13-6-7-13)12-17-14-8-10-18(11-9-14)15-4-2-1-3-5-15/h1-5,13-14,16-17,19H,6-12H2. The van der Waals surface area contributed by atoms with E-state index in [1.165, 1.54) is 31.4 Å². The van der Waals surface area contributed by atoms with Gasteiger partial charge < -0.3 is 15.3 Å². The maximum atomic E-state index is 9.88. The first-order valence-electron chi connectivity index (χ1n) is 7.54. The Kier molecular flexibility index (Phi) is 4.04. The van der Waals surface area contributed by atoms with Crippen LogP contribution in [0.15, 0.2) is 30.3 Å². The fraction of sp³-hybridized carbons (Fsp3) is 0.625. The third-order valence-electron chi connectivity index (χ3n) is 4.40. The molecule has 1 aromatic rings. The van der Waals surface area contributed by atoms with E-state index in [0.29, 0.717) is 12.0 Å². The molecule has 104 valence electrons. The monoisotopic (exact) mass is 260 g/mol. The molecule has 0 spiro atoms. The number of rotatable bonds is 5. The SMILES string of the molecule is OC(CNC1CCN(c2ccccc2)CC1)C1CC1. The summed E-state index contributed by atoms with van der Waals surface area (Å²) in [7, 11) is 0. The van der Waals surface area contributed by atoms with Gasteiger partial charge in [-0.1, -0.05) is 18.2 Å². The summed E-state index contributed by atoms with van der Waals surface area (Å²) in [5.41, 5.74) is 1.33. The van der Waals surface area contributed by atoms with Gasteiger partial charge in [0.2, 0.25) is 0 Å². The van der Waals surface area contributed by atoms with Gasteiger partial charge in [-0.15, -0.1) is 0 Å². The van der Waals surface area contributed by atoms with Crippen LogP contribution in [0, 0.1) is 5.92 Å². The number of nitrogens with one attached hydrogen (secondary N) is 1. The average molecular weight is 260 g/mol. The van der Waals surface area contributed by atoms with E-state index in [9.17, 15) is 5.11 Å². The van der Waals surface area contributed by atoms with Gasteiger partial charge in [0, 0.05) is 31.4 Å². The van der Waals surface area contributed by atoms with Crippen molar-refractivity contribution in [1.29, 1.82) is 0 Å². The quantitative estimate of drug-likeness (QED) is 0.850. The van der Waals surface area contributed by atoms with Gasteiger partial charge in [0.15, 0.2) is 0 Å². The summed E-state index contributed by atoms with van der Waals surface area (Å²) in [6.45, 7) is 3.00. The maximum absolute atomic E-state index is 9.88. The van der Waals surface area contributed by atoms with Crippen molar-refractivity contribution in [3.63, 3.8) is 0 Å². The first-order chi connectivity index (χ1) is 9.33. The lowest BCUT2D eigenvalue weighted by Crippen LogP contribution is -2.45. The number of nitrogens with zero attached hydrogens (tertiary/aromatic N) is 1. The number of para-hydroxylation sites is 1. The van der Waals surface area contributed by atoms with Crippen molar-refractivity contribution in [2.24, 2.45) is 5.92 Å². The minimum Gasteiger partial charge on any atom is -0.392 e. The number of piperidine rings is 1. The van der Waals surface area contributed by atoms with E-state index in [-0.39, 0.29) is 6.10 Å². The normalized spacial score (nSPS) is 22.5. The van der Waals surface area contributed by atoms with Crippen LogP contribution < -0.4 is 10.2 Å². The number of hydrogen-bond acceptors (Lipinski definition) is 3. The highest BCUT2D eigenvalue weighted by Crippen LogP contribution is 2.32. The Labute approximate surface area is 115 Å². The fourth-order valence-corrected chi connectivity index (χ4v) is 2.92. The molecule has 1 aromatic carbocycles. The average Bonchev–Trinajstić information content (AvgIpc) is 3.31. The van der Waals surface area contributed by atoms with E-state index in [1.54, 1.807) is 0 Å². The molecule has 0 amide bonds. The van der Waals surface area contributed by atoms with E-state index in [1.807, 2.05) is 0 Å². The molecule has 1 atom stereocenters. The number of aliphatic hydroxyl groups excluding tert-OH is 1. The Hall–Kier alpha value is -1.06. The molecule has 1 saturated heterocycles. The highest BCUT2D eigenvalue weighted by molar-refractivity contribution is 5.46. The molecule has 1 unspecified atom stereocenters. The largest absolute Gasteiger partial charge is 0.392 e. The molecule has 2 fully saturated rings. The zero-order valence-corrected chi connectivity index (χ0v) is 11.5. The van der Waals surface area contributed by atoms with Crippen molar-refractivity contribution in [2.45, 2.75) is 37.8 Å². The molecular weight excluding hydrogens is 236 g/mol. The summed E-state index contributed by atoms with van der Waals surface area (Å²) in [4.78, 5) is 2.45. The van der Waals surface area contributed by atoms with Crippen LogP contribution in [0.2, 0.25) is 0 Å². The van der Waals surface area contributed by atoms with E-state index in [2.05, 4.69) is 40.5 Å². The van der Waals surface area contributed by atoms with Crippen molar-refractivity contribution < 1.29 is 5.11 Å². The Balaban J connectivity index is 1.42. The lowest BCUT2D eigenvalue weighted by atomic mass is 10.0. The van der Waals surface area contributed by atoms with Gasteiger partial charge in [-0.05, 0) is 43.7 Å². The van der Waals surface area contributed by atoms with Gasteiger partial charge >= 0.3 is 0 Å². The lowest BCUT2D eigenvalue weighted by Gasteiger charge is -2.34. The van der Waals surface area contributed by atoms with Gasteiger partial charge in [0.05, 0.1) is 6.10 Å². The van der Waals surface area contributed by atoms with Gasteiger partial charge in [-0.3, -0.25) is 0 Å². The summed E-state index contributed by atoms with van der Waals surface area (Å²) in [6, 6.07) is 11.2. The molecule has 3 nitrogen and oxygen atoms in total. The Morgan fingerprint density at radius 3 is 2.42 bits per heavy atom. The summed E-state index contributed by atoms with van der Waals surface area (Å²) in [5, 5.41) is 13.4.